The van der Waals surface area contributed by atoms with E-state index in [-0.39, 0.29) is 28.7 Å². The zero-order chi connectivity index (χ0) is 20.4. The summed E-state index contributed by atoms with van der Waals surface area (Å²) in [5.41, 5.74) is 3.83. The number of amidine groups is 1. The number of carbonyl (C=O) groups is 1. The summed E-state index contributed by atoms with van der Waals surface area (Å²) in [5.74, 6) is 0.289. The van der Waals surface area contributed by atoms with Gasteiger partial charge in [-0.3, -0.25) is 9.79 Å². The van der Waals surface area contributed by atoms with Gasteiger partial charge in [0, 0.05) is 16.6 Å². The molecule has 8 heteroatoms. The molecule has 2 aromatic rings. The molecule has 2 aliphatic heterocycles. The Kier molecular flexibility index (Phi) is 5.65. The van der Waals surface area contributed by atoms with Gasteiger partial charge in [0.05, 0.1) is 24.0 Å². The van der Waals surface area contributed by atoms with Crippen LogP contribution >= 0.6 is 11.8 Å². The first kappa shape index (κ1) is 20.0. The van der Waals surface area contributed by atoms with Crippen molar-refractivity contribution < 1.29 is 13.2 Å². The van der Waals surface area contributed by atoms with Crippen molar-refractivity contribution in [2.45, 2.75) is 31.1 Å². The van der Waals surface area contributed by atoms with E-state index >= 15 is 0 Å². The van der Waals surface area contributed by atoms with Crippen LogP contribution in [0.5, 0.6) is 0 Å². The normalized spacial score (nSPS) is 22.0. The van der Waals surface area contributed by atoms with Crippen molar-refractivity contribution in [1.29, 1.82) is 0 Å². The molecule has 1 saturated heterocycles. The molecule has 0 saturated carbocycles. The van der Waals surface area contributed by atoms with Crippen LogP contribution in [0.1, 0.15) is 18.1 Å². The number of thioether (sulfide) groups is 1. The van der Waals surface area contributed by atoms with E-state index in [4.69, 9.17) is 0 Å². The Hall–Kier alpha value is -2.32. The van der Waals surface area contributed by atoms with Crippen LogP contribution in [0.3, 0.4) is 0 Å². The number of nitrogens with one attached hydrogen (secondary N) is 2. The molecule has 152 valence electrons. The molecule has 2 aromatic carbocycles. The summed E-state index contributed by atoms with van der Waals surface area (Å²) in [6, 6.07) is 15.4. The molecule has 2 aliphatic rings. The van der Waals surface area contributed by atoms with E-state index in [1.807, 2.05) is 48.5 Å². The Balaban J connectivity index is 1.30. The SMILES string of the molecule is CCc1ccc(NC(=O)Cc2ccc(NC3=N[C@H]4CS(=O)(=O)C[C@H]4S3)cc2)cc1. The van der Waals surface area contributed by atoms with Crippen molar-refractivity contribution in [2.75, 3.05) is 22.1 Å². The summed E-state index contributed by atoms with van der Waals surface area (Å²) in [7, 11) is -2.94. The van der Waals surface area contributed by atoms with Crippen molar-refractivity contribution in [2.24, 2.45) is 4.99 Å². The van der Waals surface area contributed by atoms with Gasteiger partial charge in [-0.25, -0.2) is 8.42 Å². The van der Waals surface area contributed by atoms with E-state index in [2.05, 4.69) is 22.5 Å². The molecule has 4 rings (SSSR count). The molecule has 0 aliphatic carbocycles. The number of anilines is 2. The van der Waals surface area contributed by atoms with E-state index in [0.29, 0.717) is 6.42 Å². The fourth-order valence-corrected chi connectivity index (χ4v) is 7.14. The molecule has 29 heavy (non-hydrogen) atoms. The highest BCUT2D eigenvalue weighted by Crippen LogP contribution is 2.34. The smallest absolute Gasteiger partial charge is 0.228 e. The van der Waals surface area contributed by atoms with Crippen LogP contribution in [0, 0.1) is 0 Å². The second kappa shape index (κ2) is 8.20. The lowest BCUT2D eigenvalue weighted by molar-refractivity contribution is -0.115. The molecule has 6 nitrogen and oxygen atoms in total. The van der Waals surface area contributed by atoms with E-state index in [0.717, 1.165) is 28.5 Å². The Morgan fingerprint density at radius 2 is 1.69 bits per heavy atom. The van der Waals surface area contributed by atoms with E-state index in [1.54, 1.807) is 0 Å². The maximum atomic E-state index is 12.3. The highest BCUT2D eigenvalue weighted by Gasteiger charge is 2.42. The second-order valence-electron chi connectivity index (χ2n) is 7.33. The summed E-state index contributed by atoms with van der Waals surface area (Å²) >= 11 is 1.49. The van der Waals surface area contributed by atoms with Gasteiger partial charge in [0.2, 0.25) is 5.91 Å². The number of carbonyl (C=O) groups excluding carboxylic acids is 1. The molecule has 2 N–H and O–H groups in total. The van der Waals surface area contributed by atoms with Gasteiger partial charge in [-0.2, -0.15) is 0 Å². The number of hydrogen-bond donors (Lipinski definition) is 2. The maximum Gasteiger partial charge on any atom is 0.228 e. The highest BCUT2D eigenvalue weighted by molar-refractivity contribution is 8.15. The molecule has 0 radical (unpaired) electrons. The van der Waals surface area contributed by atoms with Crippen LogP contribution in [-0.4, -0.2) is 42.3 Å². The molecule has 0 unspecified atom stereocenters. The topological polar surface area (TPSA) is 87.6 Å². The van der Waals surface area contributed by atoms with Crippen LogP contribution in [0.25, 0.3) is 0 Å². The van der Waals surface area contributed by atoms with E-state index < -0.39 is 9.84 Å². The standard InChI is InChI=1S/C21H23N3O3S2/c1-2-14-3-7-16(8-4-14)22-20(25)11-15-5-9-17(10-6-15)23-21-24-18-12-29(26,27)13-19(18)28-21/h3-10,18-19H,2,11-13H2,1H3,(H,22,25)(H,23,24)/t18-,19+/m0/s1. The molecule has 0 aromatic heterocycles. The number of benzene rings is 2. The fourth-order valence-electron chi connectivity index (χ4n) is 3.46. The monoisotopic (exact) mass is 429 g/mol. The van der Waals surface area contributed by atoms with Crippen LogP contribution in [0.2, 0.25) is 0 Å². The molecule has 1 fully saturated rings. The second-order valence-corrected chi connectivity index (χ2v) is 10.7. The van der Waals surface area contributed by atoms with Gasteiger partial charge in [-0.05, 0) is 41.8 Å². The first-order valence-electron chi connectivity index (χ1n) is 9.60. The summed E-state index contributed by atoms with van der Waals surface area (Å²) in [4.78, 5) is 16.8. The van der Waals surface area contributed by atoms with Gasteiger partial charge in [-0.1, -0.05) is 43.0 Å². The van der Waals surface area contributed by atoms with E-state index in [1.165, 1.54) is 17.3 Å². The summed E-state index contributed by atoms with van der Waals surface area (Å²) in [6.45, 7) is 2.10. The third-order valence-electron chi connectivity index (χ3n) is 5.03. The lowest BCUT2D eigenvalue weighted by atomic mass is 10.1. The average molecular weight is 430 g/mol. The lowest BCUT2D eigenvalue weighted by Crippen LogP contribution is -2.14. The number of sulfone groups is 1. The minimum atomic E-state index is -2.94. The van der Waals surface area contributed by atoms with Gasteiger partial charge < -0.3 is 10.6 Å². The number of rotatable bonds is 5. The molecular weight excluding hydrogens is 406 g/mol. The summed E-state index contributed by atoms with van der Waals surface area (Å²) in [6.07, 6.45) is 1.27. The number of aliphatic imine (C=N–C) groups is 1. The van der Waals surface area contributed by atoms with Crippen molar-refractivity contribution >= 4 is 44.0 Å². The van der Waals surface area contributed by atoms with Gasteiger partial charge in [0.1, 0.15) is 0 Å². The third-order valence-corrected chi connectivity index (χ3v) is 8.18. The predicted molar refractivity (Wildman–Crippen MR) is 119 cm³/mol. The average Bonchev–Trinajstić information content (AvgIpc) is 3.16. The van der Waals surface area contributed by atoms with Crippen molar-refractivity contribution in [3.05, 3.63) is 59.7 Å². The molecule has 0 bridgehead atoms. The van der Waals surface area contributed by atoms with Crippen LogP contribution in [0.15, 0.2) is 53.5 Å². The fraction of sp³-hybridized carbons (Fsp3) is 0.333. The number of amides is 1. The minimum absolute atomic E-state index is 0.0249. The van der Waals surface area contributed by atoms with Crippen LogP contribution in [-0.2, 0) is 27.5 Å². The molecule has 2 heterocycles. The van der Waals surface area contributed by atoms with Crippen molar-refractivity contribution in [1.82, 2.24) is 0 Å². The van der Waals surface area contributed by atoms with Crippen molar-refractivity contribution in [3.8, 4) is 0 Å². The number of hydrogen-bond acceptors (Lipinski definition) is 6. The number of fused-ring (bicyclic) bond motifs is 1. The Bertz CT molecular complexity index is 1030. The Morgan fingerprint density at radius 1 is 1.03 bits per heavy atom. The number of nitrogens with zero attached hydrogens (tertiary/aromatic N) is 1. The van der Waals surface area contributed by atoms with Gasteiger partial charge in [-0.15, -0.1) is 0 Å². The lowest BCUT2D eigenvalue weighted by Gasteiger charge is -2.09. The maximum absolute atomic E-state index is 12.3. The predicted octanol–water partition coefficient (Wildman–Crippen LogP) is 3.11. The first-order chi connectivity index (χ1) is 13.9. The van der Waals surface area contributed by atoms with Crippen molar-refractivity contribution in [3.63, 3.8) is 0 Å². The first-order valence-corrected chi connectivity index (χ1v) is 12.3. The molecule has 1 amide bonds. The molecule has 0 spiro atoms. The molecular formula is C21H23N3O3S2. The Labute approximate surface area is 175 Å². The van der Waals surface area contributed by atoms with Crippen LogP contribution < -0.4 is 10.6 Å². The number of aryl methyl sites for hydroxylation is 1. The zero-order valence-corrected chi connectivity index (χ0v) is 17.7. The quantitative estimate of drug-likeness (QED) is 0.763. The van der Waals surface area contributed by atoms with Crippen LogP contribution in [0.4, 0.5) is 11.4 Å². The van der Waals surface area contributed by atoms with Gasteiger partial charge >= 0.3 is 0 Å². The highest BCUT2D eigenvalue weighted by atomic mass is 32.2. The van der Waals surface area contributed by atoms with Gasteiger partial charge in [0.25, 0.3) is 0 Å². The molecule has 2 atom stereocenters. The zero-order valence-electron chi connectivity index (χ0n) is 16.1. The Morgan fingerprint density at radius 3 is 2.34 bits per heavy atom. The largest absolute Gasteiger partial charge is 0.335 e. The van der Waals surface area contributed by atoms with Gasteiger partial charge in [0.15, 0.2) is 15.0 Å². The third kappa shape index (κ3) is 5.00. The summed E-state index contributed by atoms with van der Waals surface area (Å²) < 4.78 is 23.3. The summed E-state index contributed by atoms with van der Waals surface area (Å²) in [5, 5.41) is 6.95. The van der Waals surface area contributed by atoms with E-state index in [9.17, 15) is 13.2 Å². The minimum Gasteiger partial charge on any atom is -0.335 e.